The quantitative estimate of drug-likeness (QED) is 0.809. The second kappa shape index (κ2) is 5.29. The Bertz CT molecular complexity index is 801. The van der Waals surface area contributed by atoms with Gasteiger partial charge in [0.1, 0.15) is 5.67 Å². The maximum atomic E-state index is 15.4. The van der Waals surface area contributed by atoms with Gasteiger partial charge in [0.2, 0.25) is 5.88 Å². The van der Waals surface area contributed by atoms with E-state index >= 15 is 4.39 Å². The van der Waals surface area contributed by atoms with E-state index in [9.17, 15) is 0 Å². The average Bonchev–Trinajstić information content (AvgIpc) is 3.10. The summed E-state index contributed by atoms with van der Waals surface area (Å²) >= 11 is 0. The van der Waals surface area contributed by atoms with Gasteiger partial charge in [0.05, 0.1) is 37.1 Å². The van der Waals surface area contributed by atoms with E-state index in [-0.39, 0.29) is 6.04 Å². The molecule has 2 aliphatic carbocycles. The fourth-order valence-electron chi connectivity index (χ4n) is 4.76. The largest absolute Gasteiger partial charge is 0.481 e. The lowest BCUT2D eigenvalue weighted by Gasteiger charge is -2.35. The third kappa shape index (κ3) is 2.47. The molecule has 0 saturated heterocycles. The lowest BCUT2D eigenvalue weighted by molar-refractivity contribution is 0.0627. The predicted octanol–water partition coefficient (Wildman–Crippen LogP) is 4.70. The number of nitrogens with zero attached hydrogens (tertiary/aromatic N) is 3. The van der Waals surface area contributed by atoms with Crippen LogP contribution in [0.1, 0.15) is 63.1 Å². The molecule has 0 aromatic carbocycles. The molecule has 0 bridgehead atoms. The maximum absolute atomic E-state index is 15.4. The van der Waals surface area contributed by atoms with Crippen LogP contribution in [0, 0.1) is 5.41 Å². The van der Waals surface area contributed by atoms with E-state index in [0.717, 1.165) is 49.1 Å². The minimum absolute atomic E-state index is 0.0621. The molecule has 1 unspecified atom stereocenters. The van der Waals surface area contributed by atoms with Crippen molar-refractivity contribution in [1.29, 1.82) is 0 Å². The van der Waals surface area contributed by atoms with Crippen LogP contribution in [0.3, 0.4) is 0 Å². The van der Waals surface area contributed by atoms with E-state index in [1.165, 1.54) is 12.8 Å². The van der Waals surface area contributed by atoms with Crippen LogP contribution in [0.15, 0.2) is 24.7 Å². The molecule has 25 heavy (non-hydrogen) atoms. The number of ether oxygens (including phenoxy) is 1. The molecule has 0 radical (unpaired) electrons. The van der Waals surface area contributed by atoms with Crippen LogP contribution in [0.5, 0.6) is 5.88 Å². The molecule has 5 heteroatoms. The average molecular weight is 341 g/mol. The Hall–Kier alpha value is -1.91. The summed E-state index contributed by atoms with van der Waals surface area (Å²) in [5.74, 6) is 0.616. The van der Waals surface area contributed by atoms with Crippen molar-refractivity contribution in [3.05, 3.63) is 30.4 Å². The molecule has 0 amide bonds. The van der Waals surface area contributed by atoms with Crippen molar-refractivity contribution in [2.75, 3.05) is 7.11 Å². The van der Waals surface area contributed by atoms with Crippen LogP contribution >= 0.6 is 0 Å². The number of rotatable bonds is 4. The van der Waals surface area contributed by atoms with E-state index in [1.54, 1.807) is 7.11 Å². The number of fused-ring (bicyclic) bond motifs is 3. The Balaban J connectivity index is 1.37. The van der Waals surface area contributed by atoms with E-state index in [2.05, 4.69) is 14.5 Å². The van der Waals surface area contributed by atoms with Crippen molar-refractivity contribution in [2.24, 2.45) is 5.41 Å². The summed E-state index contributed by atoms with van der Waals surface area (Å²) in [5, 5.41) is 0. The molecule has 1 atom stereocenters. The Kier molecular flexibility index (Phi) is 3.25. The van der Waals surface area contributed by atoms with Gasteiger partial charge in [-0.15, -0.1) is 0 Å². The molecule has 4 nitrogen and oxygen atoms in total. The number of hydrogen-bond acceptors (Lipinski definition) is 3. The molecule has 3 aliphatic rings. The second-order valence-electron chi connectivity index (χ2n) is 8.18. The van der Waals surface area contributed by atoms with Gasteiger partial charge in [-0.2, -0.15) is 0 Å². The molecule has 0 N–H and O–H groups in total. The lowest BCUT2D eigenvalue weighted by atomic mass is 9.75. The minimum Gasteiger partial charge on any atom is -0.481 e. The van der Waals surface area contributed by atoms with Crippen molar-refractivity contribution >= 4 is 0 Å². The summed E-state index contributed by atoms with van der Waals surface area (Å²) in [4.78, 5) is 8.95. The van der Waals surface area contributed by atoms with Crippen LogP contribution in [-0.4, -0.2) is 27.3 Å². The molecule has 5 rings (SSSR count). The summed E-state index contributed by atoms with van der Waals surface area (Å²) in [6, 6.07) is 3.98. The number of pyridine rings is 1. The summed E-state index contributed by atoms with van der Waals surface area (Å²) < 4.78 is 22.8. The van der Waals surface area contributed by atoms with E-state index in [4.69, 9.17) is 4.74 Å². The fraction of sp³-hybridized carbons (Fsp3) is 0.600. The Morgan fingerprint density at radius 3 is 2.68 bits per heavy atom. The zero-order valence-electron chi connectivity index (χ0n) is 14.7. The van der Waals surface area contributed by atoms with Gasteiger partial charge in [-0.25, -0.2) is 14.4 Å². The third-order valence-electron chi connectivity index (χ3n) is 6.73. The number of methoxy groups -OCH3 is 1. The second-order valence-corrected chi connectivity index (χ2v) is 8.18. The first kappa shape index (κ1) is 15.4. The van der Waals surface area contributed by atoms with Crippen LogP contribution in [0.25, 0.3) is 11.3 Å². The topological polar surface area (TPSA) is 39.9 Å². The van der Waals surface area contributed by atoms with Gasteiger partial charge in [0.25, 0.3) is 0 Å². The van der Waals surface area contributed by atoms with E-state index in [1.807, 2.05) is 24.7 Å². The van der Waals surface area contributed by atoms with Crippen molar-refractivity contribution in [1.82, 2.24) is 14.5 Å². The van der Waals surface area contributed by atoms with Crippen molar-refractivity contribution in [3.63, 3.8) is 0 Å². The zero-order valence-corrected chi connectivity index (χ0v) is 14.7. The molecular weight excluding hydrogens is 317 g/mol. The predicted molar refractivity (Wildman–Crippen MR) is 93.4 cm³/mol. The third-order valence-corrected chi connectivity index (χ3v) is 6.73. The van der Waals surface area contributed by atoms with Gasteiger partial charge in [-0.1, -0.05) is 0 Å². The van der Waals surface area contributed by atoms with Gasteiger partial charge < -0.3 is 9.30 Å². The van der Waals surface area contributed by atoms with Gasteiger partial charge in [-0.05, 0) is 62.8 Å². The Morgan fingerprint density at radius 2 is 1.96 bits per heavy atom. The maximum Gasteiger partial charge on any atom is 0.213 e. The summed E-state index contributed by atoms with van der Waals surface area (Å²) in [7, 11) is 1.63. The molecule has 2 aromatic rings. The molecule has 1 spiro atoms. The van der Waals surface area contributed by atoms with E-state index in [0.29, 0.717) is 17.7 Å². The normalized spacial score (nSPS) is 24.8. The number of hydrogen-bond donors (Lipinski definition) is 0. The summed E-state index contributed by atoms with van der Waals surface area (Å²) in [6.07, 6.45) is 11.3. The Labute approximate surface area is 147 Å². The summed E-state index contributed by atoms with van der Waals surface area (Å²) in [5.41, 5.74) is 2.69. The van der Waals surface area contributed by atoms with Crippen molar-refractivity contribution in [2.45, 2.75) is 63.1 Å². The fourth-order valence-corrected chi connectivity index (χ4v) is 4.76. The lowest BCUT2D eigenvalue weighted by Crippen LogP contribution is -2.31. The summed E-state index contributed by atoms with van der Waals surface area (Å²) in [6.45, 7) is 0. The van der Waals surface area contributed by atoms with E-state index < -0.39 is 5.67 Å². The highest BCUT2D eigenvalue weighted by atomic mass is 19.1. The minimum atomic E-state index is -1.00. The monoisotopic (exact) mass is 341 g/mol. The van der Waals surface area contributed by atoms with Gasteiger partial charge in [0, 0.05) is 11.6 Å². The number of alkyl halides is 1. The van der Waals surface area contributed by atoms with Crippen molar-refractivity contribution in [3.8, 4) is 17.1 Å². The zero-order chi connectivity index (χ0) is 17.1. The SMILES string of the molecule is COc1ccc2c(n1)C(CCC1(F)CCC3(CC1)CC3)n1cncc1-2. The highest BCUT2D eigenvalue weighted by Crippen LogP contribution is 2.59. The standard InChI is InChI=1S/C20H24FN3O/c1-25-17-3-2-14-16-12-22-13-24(16)15(18(14)23-17)4-5-20(21)10-8-19(6-7-19)9-11-20/h2-3,12-13,15H,4-11H2,1H3. The molecule has 1 aliphatic heterocycles. The van der Waals surface area contributed by atoms with Crippen LogP contribution < -0.4 is 4.74 Å². The molecule has 132 valence electrons. The molecule has 2 aromatic heterocycles. The van der Waals surface area contributed by atoms with Gasteiger partial charge in [0.15, 0.2) is 0 Å². The molecule has 2 fully saturated rings. The highest BCUT2D eigenvalue weighted by molar-refractivity contribution is 5.67. The first-order valence-electron chi connectivity index (χ1n) is 9.38. The van der Waals surface area contributed by atoms with Crippen molar-refractivity contribution < 1.29 is 9.13 Å². The van der Waals surface area contributed by atoms with Crippen LogP contribution in [-0.2, 0) is 0 Å². The molecular formula is C20H24FN3O. The first-order chi connectivity index (χ1) is 12.1. The van der Waals surface area contributed by atoms with Crippen LogP contribution in [0.4, 0.5) is 4.39 Å². The number of halogens is 1. The smallest absolute Gasteiger partial charge is 0.213 e. The highest BCUT2D eigenvalue weighted by Gasteiger charge is 2.49. The first-order valence-corrected chi connectivity index (χ1v) is 9.38. The van der Waals surface area contributed by atoms with Gasteiger partial charge >= 0.3 is 0 Å². The van der Waals surface area contributed by atoms with Crippen LogP contribution in [0.2, 0.25) is 0 Å². The molecule has 2 saturated carbocycles. The van der Waals surface area contributed by atoms with Gasteiger partial charge in [-0.3, -0.25) is 0 Å². The number of aromatic nitrogens is 3. The Morgan fingerprint density at radius 1 is 1.20 bits per heavy atom. The number of imidazole rings is 1. The molecule has 3 heterocycles.